The van der Waals surface area contributed by atoms with Crippen molar-refractivity contribution in [1.29, 1.82) is 0 Å². The molecular weight excluding hydrogens is 466 g/mol. The molecule has 0 aliphatic heterocycles. The summed E-state index contributed by atoms with van der Waals surface area (Å²) < 4.78 is 1.62. The van der Waals surface area contributed by atoms with E-state index in [4.69, 9.17) is 0 Å². The monoisotopic (exact) mass is 493 g/mol. The molecule has 0 aromatic heterocycles. The van der Waals surface area contributed by atoms with Gasteiger partial charge in [-0.05, 0) is 0 Å². The maximum absolute atomic E-state index is 2.58. The Morgan fingerprint density at radius 3 is 1.44 bits per heavy atom. The molecule has 2 unspecified atom stereocenters. The van der Waals surface area contributed by atoms with E-state index < -0.39 is 20.9 Å². The summed E-state index contributed by atoms with van der Waals surface area (Å²) in [4.78, 5) is 0. The van der Waals surface area contributed by atoms with Gasteiger partial charge in [-0.1, -0.05) is 13.8 Å². The summed E-state index contributed by atoms with van der Waals surface area (Å²) in [6, 6.07) is 18.3. The molecule has 27 heavy (non-hydrogen) atoms. The minimum Gasteiger partial charge on any atom is -1.00 e. The second-order valence-electron chi connectivity index (χ2n) is 6.83. The third-order valence-electron chi connectivity index (χ3n) is 5.44. The van der Waals surface area contributed by atoms with Crippen LogP contribution in [0.5, 0.6) is 0 Å². The molecule has 0 bridgehead atoms. The number of halogens is 2. The molecule has 4 rings (SSSR count). The average Bonchev–Trinajstić information content (AvgIpc) is 3.15. The second kappa shape index (κ2) is 11.0. The van der Waals surface area contributed by atoms with Crippen molar-refractivity contribution in [1.82, 2.24) is 0 Å². The fraction of sp³-hybridized carbons (Fsp3) is 0.304. The summed E-state index contributed by atoms with van der Waals surface area (Å²) >= 11 is -1.60. The van der Waals surface area contributed by atoms with Gasteiger partial charge in [0.15, 0.2) is 0 Å². The predicted molar refractivity (Wildman–Crippen MR) is 111 cm³/mol. The van der Waals surface area contributed by atoms with Gasteiger partial charge in [-0.15, -0.1) is 0 Å². The van der Waals surface area contributed by atoms with Gasteiger partial charge in [-0.3, -0.25) is 0 Å². The molecule has 0 amide bonds. The van der Waals surface area contributed by atoms with Crippen molar-refractivity contribution in [2.45, 2.75) is 41.5 Å². The van der Waals surface area contributed by atoms with Crippen LogP contribution in [0.4, 0.5) is 0 Å². The van der Waals surface area contributed by atoms with E-state index in [1.807, 2.05) is 13.8 Å². The van der Waals surface area contributed by atoms with E-state index in [0.29, 0.717) is 0 Å². The Kier molecular flexibility index (Phi) is 10.00. The van der Waals surface area contributed by atoms with Crippen LogP contribution in [0.1, 0.15) is 57.2 Å². The van der Waals surface area contributed by atoms with E-state index in [1.54, 1.807) is 22.3 Å². The maximum atomic E-state index is 2.58. The van der Waals surface area contributed by atoms with Crippen molar-refractivity contribution in [2.75, 3.05) is 0 Å². The Labute approximate surface area is 186 Å². The third-order valence-corrected chi connectivity index (χ3v) is 24.5. The van der Waals surface area contributed by atoms with Gasteiger partial charge < -0.3 is 24.8 Å². The number of hydrogen-bond donors (Lipinski definition) is 0. The van der Waals surface area contributed by atoms with E-state index in [-0.39, 0.29) is 31.5 Å². The van der Waals surface area contributed by atoms with E-state index in [2.05, 4.69) is 81.1 Å². The zero-order chi connectivity index (χ0) is 18.0. The van der Waals surface area contributed by atoms with Gasteiger partial charge in [0.05, 0.1) is 0 Å². The van der Waals surface area contributed by atoms with Gasteiger partial charge in [-0.2, -0.15) is 0 Å². The first-order chi connectivity index (χ1) is 12.2. The standard InChI is InChI=1S/2C10H9.C2H6.CH5Si.2ClH.Zr/c2*1-8-6-9-4-2-3-5-10(9)7-8;2*1-2;;;/h2*2-7H,1H3;1-2H3;2H2,1H3;2*1H;/q;;;;;;+2/p-2. The molecule has 0 nitrogen and oxygen atoms in total. The van der Waals surface area contributed by atoms with Crippen LogP contribution in [0, 0.1) is 0 Å². The molecule has 4 heteroatoms. The van der Waals surface area contributed by atoms with Crippen molar-refractivity contribution in [3.8, 4) is 0 Å². The largest absolute Gasteiger partial charge is 1.00 e. The van der Waals surface area contributed by atoms with Crippen LogP contribution in [0.3, 0.4) is 0 Å². The van der Waals surface area contributed by atoms with Gasteiger partial charge in [0.1, 0.15) is 0 Å². The first-order valence-corrected chi connectivity index (χ1v) is 19.8. The minimum absolute atomic E-state index is 0. The van der Waals surface area contributed by atoms with E-state index in [9.17, 15) is 0 Å². The van der Waals surface area contributed by atoms with Gasteiger partial charge in [0.25, 0.3) is 0 Å². The van der Waals surface area contributed by atoms with Crippen molar-refractivity contribution in [2.24, 2.45) is 0 Å². The first-order valence-electron chi connectivity index (χ1n) is 9.60. The van der Waals surface area contributed by atoms with Crippen LogP contribution in [0.15, 0.2) is 59.7 Å². The topological polar surface area (TPSA) is 0 Å². The summed E-state index contributed by atoms with van der Waals surface area (Å²) in [6.45, 7) is 11.4. The van der Waals surface area contributed by atoms with Gasteiger partial charge in [0.2, 0.25) is 0 Å². The zero-order valence-electron chi connectivity index (χ0n) is 16.9. The number of fused-ring (bicyclic) bond motifs is 2. The molecule has 0 fully saturated rings. The van der Waals surface area contributed by atoms with Crippen molar-refractivity contribution in [3.05, 3.63) is 81.9 Å². The predicted octanol–water partition coefficient (Wildman–Crippen LogP) is 0.0871. The molecule has 0 radical (unpaired) electrons. The van der Waals surface area contributed by atoms with E-state index >= 15 is 0 Å². The van der Waals surface area contributed by atoms with Crippen LogP contribution >= 0.6 is 0 Å². The van der Waals surface area contributed by atoms with Crippen molar-refractivity contribution < 1.29 is 45.7 Å². The first kappa shape index (κ1) is 24.6. The van der Waals surface area contributed by atoms with Crippen LogP contribution in [-0.2, 0) is 20.9 Å². The molecule has 2 aromatic rings. The number of hydrogen-bond acceptors (Lipinski definition) is 0. The Balaban J connectivity index is 0.000000883. The molecule has 2 atom stereocenters. The summed E-state index contributed by atoms with van der Waals surface area (Å²) in [5.41, 5.74) is 9.56. The van der Waals surface area contributed by atoms with Crippen molar-refractivity contribution >= 4 is 18.8 Å². The molecule has 2 aromatic carbocycles. The third kappa shape index (κ3) is 4.61. The summed E-state index contributed by atoms with van der Waals surface area (Å²) in [6.07, 6.45) is 4.93. The Morgan fingerprint density at radius 1 is 0.704 bits per heavy atom. The molecule has 0 saturated heterocycles. The minimum atomic E-state index is -1.60. The normalized spacial score (nSPS) is 19.0. The Morgan fingerprint density at radius 2 is 1.07 bits per heavy atom. The molecule has 0 spiro atoms. The molecular formula is C23H29Cl2SiZr. The van der Waals surface area contributed by atoms with Crippen LogP contribution < -0.4 is 24.8 Å². The van der Waals surface area contributed by atoms with Crippen LogP contribution in [0.25, 0.3) is 12.2 Å². The molecule has 143 valence electrons. The molecule has 0 heterocycles. The number of allylic oxidation sites excluding steroid dienone is 2. The Bertz CT molecular complexity index is 761. The van der Waals surface area contributed by atoms with Crippen LogP contribution in [-0.4, -0.2) is 6.65 Å². The summed E-state index contributed by atoms with van der Waals surface area (Å²) in [7, 11) is 0. The summed E-state index contributed by atoms with van der Waals surface area (Å²) in [5.74, 6) is 0. The fourth-order valence-corrected chi connectivity index (χ4v) is 25.1. The SMILES string of the molecule is CC.C[SiH2][Zr+2]([CH]1C(C)=Cc2ccccc21)[CH]1C(C)=Cc2ccccc21.[Cl-].[Cl-]. The fourth-order valence-electron chi connectivity index (χ4n) is 4.52. The van der Waals surface area contributed by atoms with Gasteiger partial charge >= 0.3 is 149 Å². The molecule has 0 saturated carbocycles. The number of benzene rings is 2. The van der Waals surface area contributed by atoms with Gasteiger partial charge in [0, 0.05) is 0 Å². The zero-order valence-corrected chi connectivity index (χ0v) is 22.3. The van der Waals surface area contributed by atoms with Gasteiger partial charge in [-0.25, -0.2) is 0 Å². The molecule has 0 N–H and O–H groups in total. The Hall–Kier alpha value is -0.400. The smallest absolute Gasteiger partial charge is 1.00 e. The molecule has 2 aliphatic carbocycles. The van der Waals surface area contributed by atoms with Crippen molar-refractivity contribution in [3.63, 3.8) is 0 Å². The average molecular weight is 496 g/mol. The van der Waals surface area contributed by atoms with E-state index in [1.165, 1.54) is 11.1 Å². The quantitative estimate of drug-likeness (QED) is 0.530. The van der Waals surface area contributed by atoms with Crippen LogP contribution in [0.2, 0.25) is 6.55 Å². The number of rotatable bonds is 3. The maximum Gasteiger partial charge on any atom is -1.00 e. The second-order valence-corrected chi connectivity index (χ2v) is 23.2. The summed E-state index contributed by atoms with van der Waals surface area (Å²) in [5, 5.41) is 0. The molecule has 2 aliphatic rings. The van der Waals surface area contributed by atoms with E-state index in [0.717, 1.165) is 7.25 Å².